The topological polar surface area (TPSA) is 42.7 Å². The molecule has 0 radical (unpaired) electrons. The summed E-state index contributed by atoms with van der Waals surface area (Å²) in [6.45, 7) is 2.84. The lowest BCUT2D eigenvalue weighted by molar-refractivity contribution is 0.556. The number of nitrogens with zero attached hydrogens (tertiary/aromatic N) is 3. The molecule has 0 aliphatic heterocycles. The molecule has 6 heteroatoms. The van der Waals surface area contributed by atoms with Crippen LogP contribution in [0.5, 0.6) is 0 Å². The first-order valence-electron chi connectivity index (χ1n) is 5.67. The zero-order valence-electron chi connectivity index (χ0n) is 10.2. The summed E-state index contributed by atoms with van der Waals surface area (Å²) in [6.07, 6.45) is 3.37. The van der Waals surface area contributed by atoms with Gasteiger partial charge in [0.1, 0.15) is 0 Å². The van der Waals surface area contributed by atoms with Gasteiger partial charge in [-0.2, -0.15) is 5.10 Å². The van der Waals surface area contributed by atoms with Crippen molar-refractivity contribution in [1.82, 2.24) is 20.1 Å². The Morgan fingerprint density at radius 3 is 2.83 bits per heavy atom. The number of aryl methyl sites for hydroxylation is 1. The van der Waals surface area contributed by atoms with E-state index in [0.29, 0.717) is 10.0 Å². The van der Waals surface area contributed by atoms with Gasteiger partial charge >= 0.3 is 0 Å². The van der Waals surface area contributed by atoms with Gasteiger partial charge in [-0.3, -0.25) is 9.67 Å². The molecular weight excluding hydrogens is 271 g/mol. The van der Waals surface area contributed by atoms with E-state index in [0.717, 1.165) is 17.9 Å². The Kier molecular flexibility index (Phi) is 4.22. The molecule has 0 saturated heterocycles. The highest BCUT2D eigenvalue weighted by molar-refractivity contribution is 6.34. The Morgan fingerprint density at radius 1 is 1.44 bits per heavy atom. The highest BCUT2D eigenvalue weighted by atomic mass is 35.5. The molecule has 4 nitrogen and oxygen atoms in total. The largest absolute Gasteiger partial charge is 0.307 e. The number of aromatic nitrogens is 3. The lowest BCUT2D eigenvalue weighted by Gasteiger charge is -2.18. The first-order chi connectivity index (χ1) is 8.67. The van der Waals surface area contributed by atoms with Crippen molar-refractivity contribution >= 4 is 23.2 Å². The van der Waals surface area contributed by atoms with Gasteiger partial charge < -0.3 is 5.32 Å². The SMILES string of the molecule is CCn1nccc1C(NC)c1ncc(Cl)cc1Cl. The van der Waals surface area contributed by atoms with Crippen molar-refractivity contribution < 1.29 is 0 Å². The summed E-state index contributed by atoms with van der Waals surface area (Å²) in [5.41, 5.74) is 1.77. The maximum Gasteiger partial charge on any atom is 0.0934 e. The first kappa shape index (κ1) is 13.3. The van der Waals surface area contributed by atoms with E-state index < -0.39 is 0 Å². The van der Waals surface area contributed by atoms with Crippen molar-refractivity contribution in [3.63, 3.8) is 0 Å². The van der Waals surface area contributed by atoms with E-state index in [1.165, 1.54) is 0 Å². The molecule has 2 aromatic rings. The van der Waals surface area contributed by atoms with Crippen LogP contribution in [0.3, 0.4) is 0 Å². The van der Waals surface area contributed by atoms with Crippen LogP contribution in [0.15, 0.2) is 24.5 Å². The molecule has 1 N–H and O–H groups in total. The summed E-state index contributed by atoms with van der Waals surface area (Å²) in [5.74, 6) is 0. The smallest absolute Gasteiger partial charge is 0.0934 e. The van der Waals surface area contributed by atoms with Crippen molar-refractivity contribution in [2.24, 2.45) is 0 Å². The van der Waals surface area contributed by atoms with Gasteiger partial charge in [-0.05, 0) is 26.1 Å². The lowest BCUT2D eigenvalue weighted by atomic mass is 10.1. The number of hydrogen-bond donors (Lipinski definition) is 1. The third kappa shape index (κ3) is 2.51. The second kappa shape index (κ2) is 5.69. The fraction of sp³-hybridized carbons (Fsp3) is 0.333. The second-order valence-corrected chi connectivity index (χ2v) is 4.66. The molecule has 0 aromatic carbocycles. The Balaban J connectivity index is 2.45. The van der Waals surface area contributed by atoms with Gasteiger partial charge in [-0.1, -0.05) is 23.2 Å². The number of hydrogen-bond acceptors (Lipinski definition) is 3. The molecule has 0 aliphatic carbocycles. The van der Waals surface area contributed by atoms with Crippen molar-refractivity contribution in [3.05, 3.63) is 46.0 Å². The molecule has 0 aliphatic rings. The molecule has 0 fully saturated rings. The van der Waals surface area contributed by atoms with Gasteiger partial charge in [0.25, 0.3) is 0 Å². The molecular formula is C12H14Cl2N4. The molecule has 1 atom stereocenters. The van der Waals surface area contributed by atoms with Crippen LogP contribution < -0.4 is 5.32 Å². The van der Waals surface area contributed by atoms with E-state index in [4.69, 9.17) is 23.2 Å². The Labute approximate surface area is 116 Å². The molecule has 0 saturated carbocycles. The van der Waals surface area contributed by atoms with Gasteiger partial charge in [0.15, 0.2) is 0 Å². The summed E-state index contributed by atoms with van der Waals surface area (Å²) in [4.78, 5) is 4.31. The highest BCUT2D eigenvalue weighted by Crippen LogP contribution is 2.27. The van der Waals surface area contributed by atoms with Gasteiger partial charge in [-0.15, -0.1) is 0 Å². The molecule has 0 bridgehead atoms. The minimum atomic E-state index is -0.0998. The summed E-state index contributed by atoms with van der Waals surface area (Å²) in [7, 11) is 1.87. The molecule has 2 aromatic heterocycles. The van der Waals surface area contributed by atoms with Crippen LogP contribution in [0.25, 0.3) is 0 Å². The highest BCUT2D eigenvalue weighted by Gasteiger charge is 2.20. The summed E-state index contributed by atoms with van der Waals surface area (Å²) >= 11 is 12.1. The van der Waals surface area contributed by atoms with E-state index in [2.05, 4.69) is 15.4 Å². The fourth-order valence-corrected chi connectivity index (χ4v) is 2.40. The monoisotopic (exact) mass is 284 g/mol. The van der Waals surface area contributed by atoms with E-state index in [-0.39, 0.29) is 6.04 Å². The Hall–Kier alpha value is -1.10. The molecule has 2 heterocycles. The second-order valence-electron chi connectivity index (χ2n) is 3.81. The van der Waals surface area contributed by atoms with Crippen LogP contribution in [0.2, 0.25) is 10.0 Å². The van der Waals surface area contributed by atoms with E-state index in [9.17, 15) is 0 Å². The van der Waals surface area contributed by atoms with E-state index in [1.807, 2.05) is 24.7 Å². The molecule has 18 heavy (non-hydrogen) atoms. The van der Waals surface area contributed by atoms with E-state index >= 15 is 0 Å². The number of pyridine rings is 1. The zero-order chi connectivity index (χ0) is 13.1. The van der Waals surface area contributed by atoms with Crippen LogP contribution in [0.4, 0.5) is 0 Å². The average molecular weight is 285 g/mol. The van der Waals surface area contributed by atoms with Crippen LogP contribution in [-0.2, 0) is 6.54 Å². The Morgan fingerprint density at radius 2 is 2.22 bits per heavy atom. The van der Waals surface area contributed by atoms with Crippen molar-refractivity contribution in [3.8, 4) is 0 Å². The Bertz CT molecular complexity index is 539. The third-order valence-corrected chi connectivity index (χ3v) is 3.25. The standard InChI is InChI=1S/C12H14Cl2N4/c1-3-18-10(4-5-17-18)12(15-2)11-9(14)6-8(13)7-16-11/h4-7,12,15H,3H2,1-2H3. The summed E-state index contributed by atoms with van der Waals surface area (Å²) < 4.78 is 1.91. The van der Waals surface area contributed by atoms with Crippen LogP contribution in [-0.4, -0.2) is 21.8 Å². The van der Waals surface area contributed by atoms with Crippen molar-refractivity contribution in [1.29, 1.82) is 0 Å². The van der Waals surface area contributed by atoms with Gasteiger partial charge in [0.05, 0.1) is 27.5 Å². The molecule has 2 rings (SSSR count). The predicted molar refractivity (Wildman–Crippen MR) is 73.1 cm³/mol. The fourth-order valence-electron chi connectivity index (χ4n) is 1.91. The zero-order valence-corrected chi connectivity index (χ0v) is 11.7. The normalized spacial score (nSPS) is 12.7. The van der Waals surface area contributed by atoms with Gasteiger partial charge in [0, 0.05) is 18.9 Å². The molecule has 96 valence electrons. The number of rotatable bonds is 4. The van der Waals surface area contributed by atoms with Crippen molar-refractivity contribution in [2.75, 3.05) is 7.05 Å². The van der Waals surface area contributed by atoms with Crippen LogP contribution >= 0.6 is 23.2 Å². The van der Waals surface area contributed by atoms with Gasteiger partial charge in [-0.25, -0.2) is 0 Å². The minimum absolute atomic E-state index is 0.0998. The average Bonchev–Trinajstić information content (AvgIpc) is 2.81. The minimum Gasteiger partial charge on any atom is -0.307 e. The first-order valence-corrected chi connectivity index (χ1v) is 6.42. The third-order valence-electron chi connectivity index (χ3n) is 2.74. The number of nitrogens with one attached hydrogen (secondary N) is 1. The van der Waals surface area contributed by atoms with E-state index in [1.54, 1.807) is 18.5 Å². The summed E-state index contributed by atoms with van der Waals surface area (Å²) in [5, 5.41) is 8.54. The molecule has 1 unspecified atom stereocenters. The van der Waals surface area contributed by atoms with Gasteiger partial charge in [0.2, 0.25) is 0 Å². The predicted octanol–water partition coefficient (Wildman–Crippen LogP) is 2.91. The van der Waals surface area contributed by atoms with Crippen LogP contribution in [0, 0.1) is 0 Å². The maximum atomic E-state index is 6.20. The lowest BCUT2D eigenvalue weighted by Crippen LogP contribution is -2.22. The molecule has 0 spiro atoms. The maximum absolute atomic E-state index is 6.20. The van der Waals surface area contributed by atoms with Crippen molar-refractivity contribution in [2.45, 2.75) is 19.5 Å². The molecule has 0 amide bonds. The quantitative estimate of drug-likeness (QED) is 0.939. The van der Waals surface area contributed by atoms with Crippen LogP contribution in [0.1, 0.15) is 24.4 Å². The number of halogens is 2. The summed E-state index contributed by atoms with van der Waals surface area (Å²) in [6, 6.07) is 3.55.